The number of Topliss-reactive ketones (excluding diaryl/α,β-unsaturated/α-hetero) is 1. The number of rotatable bonds is 2. The lowest BCUT2D eigenvalue weighted by molar-refractivity contribution is -0.181. The van der Waals surface area contributed by atoms with Crippen LogP contribution in [0.2, 0.25) is 0 Å². The van der Waals surface area contributed by atoms with Gasteiger partial charge < -0.3 is 10.2 Å². The molecule has 0 aromatic rings. The van der Waals surface area contributed by atoms with Crippen LogP contribution in [-0.2, 0) is 9.59 Å². The normalized spacial score (nSPS) is 49.6. The summed E-state index contributed by atoms with van der Waals surface area (Å²) in [4.78, 5) is 24.6. The molecule has 0 saturated heterocycles. The summed E-state index contributed by atoms with van der Waals surface area (Å²) in [5, 5.41) is 21.6. The molecule has 4 aliphatic carbocycles. The first-order chi connectivity index (χ1) is 9.40. The summed E-state index contributed by atoms with van der Waals surface area (Å²) < 4.78 is 0. The van der Waals surface area contributed by atoms with Crippen LogP contribution in [0.1, 0.15) is 26.7 Å². The van der Waals surface area contributed by atoms with E-state index in [1.807, 2.05) is 12.2 Å². The third-order valence-corrected chi connectivity index (χ3v) is 5.55. The molecule has 0 aromatic carbocycles. The van der Waals surface area contributed by atoms with Crippen molar-refractivity contribution in [3.05, 3.63) is 24.3 Å². The molecule has 108 valence electrons. The third-order valence-electron chi connectivity index (χ3n) is 5.55. The summed E-state index contributed by atoms with van der Waals surface area (Å²) in [6, 6.07) is 0. The van der Waals surface area contributed by atoms with Crippen molar-refractivity contribution in [2.75, 3.05) is 0 Å². The predicted octanol–water partition coefficient (Wildman–Crippen LogP) is 1.02. The molecule has 2 unspecified atom stereocenters. The smallest absolute Gasteiger partial charge is 0.187 e. The van der Waals surface area contributed by atoms with E-state index in [4.69, 9.17) is 0 Å². The lowest BCUT2D eigenvalue weighted by Crippen LogP contribution is -2.67. The van der Waals surface area contributed by atoms with Gasteiger partial charge in [0.1, 0.15) is 11.2 Å². The molecule has 0 spiro atoms. The van der Waals surface area contributed by atoms with Crippen molar-refractivity contribution in [2.45, 2.75) is 37.9 Å². The first-order valence-corrected chi connectivity index (χ1v) is 7.30. The number of hydrogen-bond donors (Lipinski definition) is 2. The van der Waals surface area contributed by atoms with Crippen LogP contribution in [-0.4, -0.2) is 33.0 Å². The first kappa shape index (κ1) is 13.7. The van der Waals surface area contributed by atoms with Gasteiger partial charge in [-0.1, -0.05) is 32.1 Å². The van der Waals surface area contributed by atoms with Crippen LogP contribution >= 0.6 is 0 Å². The van der Waals surface area contributed by atoms with Gasteiger partial charge in [0, 0.05) is 17.8 Å². The second kappa shape index (κ2) is 4.12. The molecule has 2 bridgehead atoms. The van der Waals surface area contributed by atoms with Gasteiger partial charge in [-0.05, 0) is 24.8 Å². The molecule has 2 N–H and O–H groups in total. The number of carbonyl (C=O) groups is 2. The van der Waals surface area contributed by atoms with Crippen LogP contribution in [0.25, 0.3) is 0 Å². The standard InChI is InChI=1S/C16H20O4/c1-3-15(19)11-7-5-10(14(15)18)9-6-8-12(17)16(20,4-2)13(9)11/h5-11,13,19-20H,3-4H2,1-2H3/t9?,10-,11+,13?,15-,16+/m1/s1. The quantitative estimate of drug-likeness (QED) is 0.739. The van der Waals surface area contributed by atoms with Gasteiger partial charge in [-0.15, -0.1) is 0 Å². The Balaban J connectivity index is 2.17. The Labute approximate surface area is 118 Å². The summed E-state index contributed by atoms with van der Waals surface area (Å²) in [5.41, 5.74) is -2.92. The highest BCUT2D eigenvalue weighted by Crippen LogP contribution is 2.55. The van der Waals surface area contributed by atoms with Crippen molar-refractivity contribution in [3.63, 3.8) is 0 Å². The molecule has 0 aliphatic heterocycles. The van der Waals surface area contributed by atoms with Gasteiger partial charge in [-0.25, -0.2) is 0 Å². The van der Waals surface area contributed by atoms with Gasteiger partial charge in [0.15, 0.2) is 11.6 Å². The van der Waals surface area contributed by atoms with Gasteiger partial charge in [-0.3, -0.25) is 9.59 Å². The molecule has 4 aliphatic rings. The van der Waals surface area contributed by atoms with Gasteiger partial charge in [-0.2, -0.15) is 0 Å². The minimum Gasteiger partial charge on any atom is -0.381 e. The van der Waals surface area contributed by atoms with E-state index in [1.54, 1.807) is 19.9 Å². The molecule has 4 rings (SSSR count). The molecule has 0 heterocycles. The van der Waals surface area contributed by atoms with Gasteiger partial charge >= 0.3 is 0 Å². The van der Waals surface area contributed by atoms with Crippen molar-refractivity contribution in [1.82, 2.24) is 0 Å². The first-order valence-electron chi connectivity index (χ1n) is 7.30. The van der Waals surface area contributed by atoms with E-state index in [0.717, 1.165) is 0 Å². The molecule has 0 amide bonds. The zero-order valence-electron chi connectivity index (χ0n) is 11.7. The summed E-state index contributed by atoms with van der Waals surface area (Å²) in [6.07, 6.45) is 7.39. The van der Waals surface area contributed by atoms with Crippen LogP contribution in [0.3, 0.4) is 0 Å². The van der Waals surface area contributed by atoms with Gasteiger partial charge in [0.25, 0.3) is 0 Å². The molecule has 0 aromatic heterocycles. The van der Waals surface area contributed by atoms with Crippen molar-refractivity contribution >= 4 is 11.6 Å². The van der Waals surface area contributed by atoms with E-state index in [9.17, 15) is 19.8 Å². The third kappa shape index (κ3) is 1.38. The van der Waals surface area contributed by atoms with Crippen LogP contribution in [0.4, 0.5) is 0 Å². The maximum atomic E-state index is 12.5. The molecule has 1 fully saturated rings. The van der Waals surface area contributed by atoms with E-state index in [2.05, 4.69) is 0 Å². The fraction of sp³-hybridized carbons (Fsp3) is 0.625. The summed E-state index contributed by atoms with van der Waals surface area (Å²) in [6.45, 7) is 3.54. The van der Waals surface area contributed by atoms with E-state index in [1.165, 1.54) is 6.08 Å². The lowest BCUT2D eigenvalue weighted by Gasteiger charge is -2.56. The Morgan fingerprint density at radius 3 is 2.30 bits per heavy atom. The predicted molar refractivity (Wildman–Crippen MR) is 72.7 cm³/mol. The fourth-order valence-electron chi connectivity index (χ4n) is 4.30. The minimum absolute atomic E-state index is 0.175. The number of fused-ring (bicyclic) bond motifs is 1. The lowest BCUT2D eigenvalue weighted by atomic mass is 9.48. The highest BCUT2D eigenvalue weighted by molar-refractivity contribution is 6.00. The van der Waals surface area contributed by atoms with Crippen LogP contribution < -0.4 is 0 Å². The van der Waals surface area contributed by atoms with E-state index < -0.39 is 29.0 Å². The number of carbonyl (C=O) groups excluding carboxylic acids is 2. The SMILES string of the molecule is CC[C@]1(O)C(=O)C=CC2C1[C@@H]1C=C[C@H]2C(=O)[C@@]1(O)CC. The Morgan fingerprint density at radius 2 is 1.70 bits per heavy atom. The van der Waals surface area contributed by atoms with E-state index in [0.29, 0.717) is 12.8 Å². The van der Waals surface area contributed by atoms with Crippen molar-refractivity contribution < 1.29 is 19.8 Å². The van der Waals surface area contributed by atoms with Crippen molar-refractivity contribution in [2.24, 2.45) is 23.7 Å². The highest BCUT2D eigenvalue weighted by Gasteiger charge is 2.64. The molecule has 0 radical (unpaired) electrons. The second-order valence-electron chi connectivity index (χ2n) is 6.18. The molecular weight excluding hydrogens is 256 g/mol. The van der Waals surface area contributed by atoms with E-state index >= 15 is 0 Å². The van der Waals surface area contributed by atoms with Crippen molar-refractivity contribution in [1.29, 1.82) is 0 Å². The summed E-state index contributed by atoms with van der Waals surface area (Å²) >= 11 is 0. The molecule has 6 atom stereocenters. The fourth-order valence-corrected chi connectivity index (χ4v) is 4.30. The van der Waals surface area contributed by atoms with Crippen LogP contribution in [0, 0.1) is 23.7 Å². The topological polar surface area (TPSA) is 74.6 Å². The Hall–Kier alpha value is -1.26. The molecule has 1 saturated carbocycles. The van der Waals surface area contributed by atoms with Crippen LogP contribution in [0.5, 0.6) is 0 Å². The molecule has 4 heteroatoms. The summed E-state index contributed by atoms with van der Waals surface area (Å²) in [5.74, 6) is -2.01. The Bertz CT molecular complexity index is 535. The number of ketones is 2. The average Bonchev–Trinajstić information content (AvgIpc) is 2.47. The highest BCUT2D eigenvalue weighted by atomic mass is 16.3. The maximum absolute atomic E-state index is 12.5. The minimum atomic E-state index is -1.48. The number of aliphatic hydroxyl groups is 2. The average molecular weight is 276 g/mol. The van der Waals surface area contributed by atoms with Gasteiger partial charge in [0.05, 0.1) is 0 Å². The Morgan fingerprint density at radius 1 is 1.05 bits per heavy atom. The number of allylic oxidation sites excluding steroid dienone is 2. The van der Waals surface area contributed by atoms with Crippen molar-refractivity contribution in [3.8, 4) is 0 Å². The Kier molecular flexibility index (Phi) is 2.82. The monoisotopic (exact) mass is 276 g/mol. The second-order valence-corrected chi connectivity index (χ2v) is 6.18. The van der Waals surface area contributed by atoms with Gasteiger partial charge in [0.2, 0.25) is 0 Å². The molecule has 20 heavy (non-hydrogen) atoms. The number of hydrogen-bond acceptors (Lipinski definition) is 4. The maximum Gasteiger partial charge on any atom is 0.187 e. The van der Waals surface area contributed by atoms with E-state index in [-0.39, 0.29) is 17.5 Å². The molecular formula is C16H20O4. The molecule has 4 nitrogen and oxygen atoms in total. The largest absolute Gasteiger partial charge is 0.381 e. The summed E-state index contributed by atoms with van der Waals surface area (Å²) in [7, 11) is 0. The zero-order valence-corrected chi connectivity index (χ0v) is 11.7. The van der Waals surface area contributed by atoms with Crippen LogP contribution in [0.15, 0.2) is 24.3 Å². The zero-order chi connectivity index (χ0) is 14.7.